The molecule has 25 heavy (non-hydrogen) atoms. The Morgan fingerprint density at radius 2 is 1.72 bits per heavy atom. The lowest BCUT2D eigenvalue weighted by atomic mass is 10.0. The van der Waals surface area contributed by atoms with E-state index in [1.165, 1.54) is 0 Å². The van der Waals surface area contributed by atoms with Crippen molar-refractivity contribution in [3.63, 3.8) is 0 Å². The van der Waals surface area contributed by atoms with Crippen LogP contribution in [0.3, 0.4) is 0 Å². The number of hydrogen-bond donors (Lipinski definition) is 0. The molecule has 0 saturated heterocycles. The van der Waals surface area contributed by atoms with Crippen molar-refractivity contribution in [3.8, 4) is 0 Å². The second kappa shape index (κ2) is 7.03. The van der Waals surface area contributed by atoms with Gasteiger partial charge in [0, 0.05) is 24.4 Å². The van der Waals surface area contributed by atoms with Gasteiger partial charge in [-0.25, -0.2) is 0 Å². The number of rotatable bonds is 6. The average molecular weight is 334 g/mol. The number of ketones is 2. The van der Waals surface area contributed by atoms with E-state index in [-0.39, 0.29) is 11.6 Å². The number of nitrogens with zero attached hydrogens (tertiary/aromatic N) is 2. The molecule has 1 heterocycles. The maximum absolute atomic E-state index is 12.9. The van der Waals surface area contributed by atoms with Gasteiger partial charge in [0.25, 0.3) is 0 Å². The molecule has 0 unspecified atom stereocenters. The largest absolute Gasteiger partial charge is 0.347 e. The summed E-state index contributed by atoms with van der Waals surface area (Å²) in [6, 6.07) is 15.3. The minimum Gasteiger partial charge on any atom is -0.347 e. The predicted octanol–water partition coefficient (Wildman–Crippen LogP) is 3.54. The second-order valence-electron chi connectivity index (χ2n) is 6.37. The van der Waals surface area contributed by atoms with Crippen molar-refractivity contribution >= 4 is 22.3 Å². The van der Waals surface area contributed by atoms with E-state index in [4.69, 9.17) is 0 Å². The number of fused-ring (bicyclic) bond motifs is 1. The van der Waals surface area contributed by atoms with Crippen molar-refractivity contribution in [3.05, 3.63) is 71.5 Å². The first-order valence-corrected chi connectivity index (χ1v) is 8.41. The number of Topliss-reactive ketones (excluding diaryl/α,β-unsaturated/α-hetero) is 1. The van der Waals surface area contributed by atoms with Crippen LogP contribution in [0, 0.1) is 0 Å². The van der Waals surface area contributed by atoms with Crippen molar-refractivity contribution < 1.29 is 9.59 Å². The van der Waals surface area contributed by atoms with Crippen molar-refractivity contribution in [1.29, 1.82) is 0 Å². The monoisotopic (exact) mass is 334 g/mol. The van der Waals surface area contributed by atoms with Gasteiger partial charge in [0.05, 0.1) is 12.2 Å². The number of aryl methyl sites for hydroxylation is 1. The number of carbonyl (C=O) groups is 2. The predicted molar refractivity (Wildman–Crippen MR) is 100 cm³/mol. The number of benzene rings is 2. The van der Waals surface area contributed by atoms with Gasteiger partial charge in [0.15, 0.2) is 5.78 Å². The highest BCUT2D eigenvalue weighted by Gasteiger charge is 2.18. The molecule has 0 bridgehead atoms. The lowest BCUT2D eigenvalue weighted by Crippen LogP contribution is -2.25. The maximum Gasteiger partial charge on any atom is 0.209 e. The second-order valence-corrected chi connectivity index (χ2v) is 6.37. The minimum atomic E-state index is -0.0730. The molecule has 0 aliphatic carbocycles. The summed E-state index contributed by atoms with van der Waals surface area (Å²) in [5.41, 5.74) is 1.73. The van der Waals surface area contributed by atoms with Gasteiger partial charge in [0.2, 0.25) is 5.78 Å². The van der Waals surface area contributed by atoms with Crippen molar-refractivity contribution in [2.45, 2.75) is 6.92 Å². The van der Waals surface area contributed by atoms with Gasteiger partial charge in [-0.05, 0) is 36.5 Å². The zero-order valence-electron chi connectivity index (χ0n) is 14.8. The average Bonchev–Trinajstić information content (AvgIpc) is 3.02. The molecule has 0 atom stereocenters. The van der Waals surface area contributed by atoms with E-state index >= 15 is 0 Å². The number of aromatic nitrogens is 1. The summed E-state index contributed by atoms with van der Waals surface area (Å²) in [5.74, 6) is -0.0475. The van der Waals surface area contributed by atoms with Crippen LogP contribution < -0.4 is 0 Å². The van der Waals surface area contributed by atoms with Gasteiger partial charge in [-0.2, -0.15) is 0 Å². The summed E-state index contributed by atoms with van der Waals surface area (Å²) in [6.07, 6.45) is 1.74. The Balaban J connectivity index is 1.90. The maximum atomic E-state index is 12.9. The first-order valence-electron chi connectivity index (χ1n) is 8.41. The third-order valence-electron chi connectivity index (χ3n) is 4.52. The van der Waals surface area contributed by atoms with Crippen molar-refractivity contribution in [1.82, 2.24) is 9.47 Å². The van der Waals surface area contributed by atoms with Crippen LogP contribution in [-0.4, -0.2) is 41.2 Å². The summed E-state index contributed by atoms with van der Waals surface area (Å²) in [4.78, 5) is 27.2. The Morgan fingerprint density at radius 1 is 1.00 bits per heavy atom. The number of hydrogen-bond acceptors (Lipinski definition) is 3. The third-order valence-corrected chi connectivity index (χ3v) is 4.52. The van der Waals surface area contributed by atoms with E-state index in [1.807, 2.05) is 61.3 Å². The van der Waals surface area contributed by atoms with E-state index in [2.05, 4.69) is 0 Å². The van der Waals surface area contributed by atoms with Gasteiger partial charge in [-0.1, -0.05) is 43.3 Å². The summed E-state index contributed by atoms with van der Waals surface area (Å²) in [7, 11) is 3.70. The standard InChI is InChI=1S/C21H22N2O2/c1-4-22(2)14-20(24)18-12-19(23(3)13-18)21(25)17-10-9-15-7-5-6-8-16(15)11-17/h5-13H,4,14H2,1-3H3. The van der Waals surface area contributed by atoms with Crippen LogP contribution in [0.15, 0.2) is 54.7 Å². The molecule has 0 fully saturated rings. The molecule has 2 aromatic carbocycles. The highest BCUT2D eigenvalue weighted by molar-refractivity contribution is 6.11. The van der Waals surface area contributed by atoms with Gasteiger partial charge in [0.1, 0.15) is 0 Å². The topological polar surface area (TPSA) is 42.3 Å². The fourth-order valence-electron chi connectivity index (χ4n) is 2.87. The van der Waals surface area contributed by atoms with E-state index in [9.17, 15) is 9.59 Å². The molecule has 128 valence electrons. The van der Waals surface area contributed by atoms with Crippen LogP contribution >= 0.6 is 0 Å². The van der Waals surface area contributed by atoms with E-state index in [1.54, 1.807) is 23.9 Å². The van der Waals surface area contributed by atoms with Gasteiger partial charge in [-0.15, -0.1) is 0 Å². The zero-order chi connectivity index (χ0) is 18.0. The van der Waals surface area contributed by atoms with Crippen LogP contribution in [-0.2, 0) is 7.05 Å². The first-order chi connectivity index (χ1) is 12.0. The highest BCUT2D eigenvalue weighted by atomic mass is 16.1. The number of likely N-dealkylation sites (N-methyl/N-ethyl adjacent to an activating group) is 1. The quantitative estimate of drug-likeness (QED) is 0.648. The third kappa shape index (κ3) is 3.54. The lowest BCUT2D eigenvalue weighted by molar-refractivity contribution is 0.0948. The van der Waals surface area contributed by atoms with E-state index in [0.717, 1.165) is 17.3 Å². The van der Waals surface area contributed by atoms with Crippen LogP contribution in [0.25, 0.3) is 10.8 Å². The summed E-state index contributed by atoms with van der Waals surface area (Å²) < 4.78 is 1.73. The fraction of sp³-hybridized carbons (Fsp3) is 0.238. The van der Waals surface area contributed by atoms with E-state index in [0.29, 0.717) is 23.4 Å². The van der Waals surface area contributed by atoms with Crippen molar-refractivity contribution in [2.75, 3.05) is 20.1 Å². The van der Waals surface area contributed by atoms with Crippen LogP contribution in [0.5, 0.6) is 0 Å². The molecule has 4 heteroatoms. The molecular formula is C21H22N2O2. The molecule has 0 aliphatic heterocycles. The first kappa shape index (κ1) is 17.1. The highest BCUT2D eigenvalue weighted by Crippen LogP contribution is 2.19. The van der Waals surface area contributed by atoms with E-state index < -0.39 is 0 Å². The van der Waals surface area contributed by atoms with Crippen molar-refractivity contribution in [2.24, 2.45) is 7.05 Å². The zero-order valence-corrected chi connectivity index (χ0v) is 14.8. The summed E-state index contributed by atoms with van der Waals surface area (Å²) in [5, 5.41) is 2.13. The Morgan fingerprint density at radius 3 is 2.44 bits per heavy atom. The normalized spacial score (nSPS) is 11.2. The fourth-order valence-corrected chi connectivity index (χ4v) is 2.87. The summed E-state index contributed by atoms with van der Waals surface area (Å²) >= 11 is 0. The Kier molecular flexibility index (Phi) is 4.81. The van der Waals surface area contributed by atoms with Crippen LogP contribution in [0.1, 0.15) is 33.3 Å². The lowest BCUT2D eigenvalue weighted by Gasteiger charge is -2.11. The Bertz CT molecular complexity index is 940. The SMILES string of the molecule is CCN(C)CC(=O)c1cc(C(=O)c2ccc3ccccc3c2)n(C)c1. The van der Waals surface area contributed by atoms with Gasteiger partial charge < -0.3 is 4.57 Å². The van der Waals surface area contributed by atoms with Gasteiger partial charge >= 0.3 is 0 Å². The van der Waals surface area contributed by atoms with Crippen LogP contribution in [0.2, 0.25) is 0 Å². The molecular weight excluding hydrogens is 312 g/mol. The molecule has 1 aromatic heterocycles. The molecule has 4 nitrogen and oxygen atoms in total. The molecule has 0 N–H and O–H groups in total. The minimum absolute atomic E-state index is 0.0255. The molecule has 0 amide bonds. The summed E-state index contributed by atoms with van der Waals surface area (Å²) in [6.45, 7) is 3.17. The van der Waals surface area contributed by atoms with Crippen LogP contribution in [0.4, 0.5) is 0 Å². The molecule has 0 aliphatic rings. The Labute approximate surface area is 147 Å². The smallest absolute Gasteiger partial charge is 0.209 e. The molecule has 0 saturated carbocycles. The number of carbonyl (C=O) groups excluding carboxylic acids is 2. The molecule has 3 aromatic rings. The Hall–Kier alpha value is -2.72. The van der Waals surface area contributed by atoms with Gasteiger partial charge in [-0.3, -0.25) is 14.5 Å². The molecule has 0 radical (unpaired) electrons. The molecule has 0 spiro atoms. The molecule has 3 rings (SSSR count).